The molecule has 0 unspecified atom stereocenters. The number of nitrogens with one attached hydrogen (secondary N) is 2. The van der Waals surface area contributed by atoms with E-state index in [1.807, 2.05) is 6.92 Å². The summed E-state index contributed by atoms with van der Waals surface area (Å²) in [6.07, 6.45) is 1.86. The van der Waals surface area contributed by atoms with Gasteiger partial charge in [-0.2, -0.15) is 5.10 Å². The summed E-state index contributed by atoms with van der Waals surface area (Å²) in [5, 5.41) is 20.5. The fraction of sp³-hybridized carbons (Fsp3) is 0.333. The Bertz CT molecular complexity index is 620. The number of rotatable bonds is 5. The smallest absolute Gasteiger partial charge is 0.272 e. The van der Waals surface area contributed by atoms with Crippen molar-refractivity contribution in [3.8, 4) is 0 Å². The van der Waals surface area contributed by atoms with Gasteiger partial charge in [-0.3, -0.25) is 20.0 Å². The second kappa shape index (κ2) is 5.47. The molecule has 0 fully saturated rings. The zero-order chi connectivity index (χ0) is 13.8. The third kappa shape index (κ3) is 2.70. The highest BCUT2D eigenvalue weighted by Gasteiger charge is 2.16. The summed E-state index contributed by atoms with van der Waals surface area (Å²) < 4.78 is 0. The molecule has 100 valence electrons. The van der Waals surface area contributed by atoms with Crippen molar-refractivity contribution in [2.75, 3.05) is 6.54 Å². The number of non-ortho nitro benzene ring substituents is 1. The van der Waals surface area contributed by atoms with Crippen LogP contribution in [0.1, 0.15) is 30.3 Å². The maximum Gasteiger partial charge on any atom is 0.272 e. The summed E-state index contributed by atoms with van der Waals surface area (Å²) >= 11 is 0. The first-order valence-corrected chi connectivity index (χ1v) is 6.04. The van der Waals surface area contributed by atoms with Crippen molar-refractivity contribution >= 4 is 22.5 Å². The van der Waals surface area contributed by atoms with Crippen molar-refractivity contribution in [2.45, 2.75) is 19.8 Å². The van der Waals surface area contributed by atoms with Crippen molar-refractivity contribution < 1.29 is 9.72 Å². The molecule has 2 aromatic rings. The van der Waals surface area contributed by atoms with Gasteiger partial charge in [-0.1, -0.05) is 13.3 Å². The summed E-state index contributed by atoms with van der Waals surface area (Å²) in [6, 6.07) is 4.27. The van der Waals surface area contributed by atoms with E-state index >= 15 is 0 Å². The fourth-order valence-electron chi connectivity index (χ4n) is 1.75. The SMILES string of the molecule is CCCCNC(=O)c1n[nH]c2ccc([N+](=O)[O-])cc12. The Hall–Kier alpha value is -2.44. The minimum Gasteiger partial charge on any atom is -0.351 e. The molecular formula is C12H14N4O3. The number of aromatic nitrogens is 2. The maximum absolute atomic E-state index is 11.9. The standard InChI is InChI=1S/C12H14N4O3/c1-2-3-6-13-12(17)11-9-7-8(16(18)19)4-5-10(9)14-15-11/h4-5,7H,2-3,6H2,1H3,(H,13,17)(H,14,15). The van der Waals surface area contributed by atoms with E-state index in [9.17, 15) is 14.9 Å². The Morgan fingerprint density at radius 1 is 1.53 bits per heavy atom. The van der Waals surface area contributed by atoms with E-state index in [2.05, 4.69) is 15.5 Å². The molecule has 0 saturated carbocycles. The van der Waals surface area contributed by atoms with E-state index in [1.54, 1.807) is 6.07 Å². The monoisotopic (exact) mass is 262 g/mol. The number of carbonyl (C=O) groups is 1. The first kappa shape index (κ1) is 13.0. The zero-order valence-corrected chi connectivity index (χ0v) is 10.5. The van der Waals surface area contributed by atoms with Crippen molar-refractivity contribution in [1.82, 2.24) is 15.5 Å². The topological polar surface area (TPSA) is 101 Å². The molecule has 0 atom stereocenters. The molecule has 0 bridgehead atoms. The van der Waals surface area contributed by atoms with Gasteiger partial charge in [0.15, 0.2) is 5.69 Å². The third-order valence-electron chi connectivity index (χ3n) is 2.79. The average Bonchev–Trinajstić information content (AvgIpc) is 2.81. The van der Waals surface area contributed by atoms with Gasteiger partial charge < -0.3 is 5.32 Å². The number of nitrogens with zero attached hydrogens (tertiary/aromatic N) is 2. The predicted molar refractivity (Wildman–Crippen MR) is 70.0 cm³/mol. The number of aromatic amines is 1. The Balaban J connectivity index is 2.30. The normalized spacial score (nSPS) is 10.6. The van der Waals surface area contributed by atoms with Crippen molar-refractivity contribution in [1.29, 1.82) is 0 Å². The average molecular weight is 262 g/mol. The van der Waals surface area contributed by atoms with Crippen molar-refractivity contribution in [3.05, 3.63) is 34.0 Å². The molecule has 1 aromatic carbocycles. The molecule has 1 aromatic heterocycles. The van der Waals surface area contributed by atoms with Gasteiger partial charge in [0.25, 0.3) is 11.6 Å². The second-order valence-corrected chi connectivity index (χ2v) is 4.17. The van der Waals surface area contributed by atoms with E-state index in [1.165, 1.54) is 12.1 Å². The molecule has 7 nitrogen and oxygen atoms in total. The van der Waals surface area contributed by atoms with Crippen LogP contribution in [0.2, 0.25) is 0 Å². The number of unbranched alkanes of at least 4 members (excludes halogenated alkanes) is 1. The largest absolute Gasteiger partial charge is 0.351 e. The lowest BCUT2D eigenvalue weighted by atomic mass is 10.2. The van der Waals surface area contributed by atoms with Crippen molar-refractivity contribution in [2.24, 2.45) is 0 Å². The Morgan fingerprint density at radius 2 is 2.32 bits per heavy atom. The maximum atomic E-state index is 11.9. The fourth-order valence-corrected chi connectivity index (χ4v) is 1.75. The molecule has 19 heavy (non-hydrogen) atoms. The molecule has 2 rings (SSSR count). The molecule has 0 saturated heterocycles. The highest BCUT2D eigenvalue weighted by Crippen LogP contribution is 2.21. The van der Waals surface area contributed by atoms with Gasteiger partial charge in [-0.25, -0.2) is 0 Å². The summed E-state index contributed by atoms with van der Waals surface area (Å²) in [5.74, 6) is -0.319. The predicted octanol–water partition coefficient (Wildman–Crippen LogP) is 2.00. The summed E-state index contributed by atoms with van der Waals surface area (Å²) in [6.45, 7) is 2.60. The van der Waals surface area contributed by atoms with E-state index in [0.717, 1.165) is 12.8 Å². The Kier molecular flexibility index (Phi) is 3.74. The van der Waals surface area contributed by atoms with Crippen LogP contribution in [0.4, 0.5) is 5.69 Å². The van der Waals surface area contributed by atoms with Gasteiger partial charge in [0, 0.05) is 24.1 Å². The van der Waals surface area contributed by atoms with Gasteiger partial charge >= 0.3 is 0 Å². The van der Waals surface area contributed by atoms with Crippen LogP contribution < -0.4 is 5.32 Å². The minimum atomic E-state index is -0.495. The Labute approximate surface area is 109 Å². The number of hydrogen-bond acceptors (Lipinski definition) is 4. The number of nitro groups is 1. The molecule has 0 aliphatic heterocycles. The molecule has 0 aliphatic rings. The zero-order valence-electron chi connectivity index (χ0n) is 10.5. The molecule has 7 heteroatoms. The Morgan fingerprint density at radius 3 is 3.00 bits per heavy atom. The van der Waals surface area contributed by atoms with E-state index in [4.69, 9.17) is 0 Å². The molecule has 1 heterocycles. The minimum absolute atomic E-state index is 0.0588. The quantitative estimate of drug-likeness (QED) is 0.489. The third-order valence-corrected chi connectivity index (χ3v) is 2.79. The second-order valence-electron chi connectivity index (χ2n) is 4.17. The van der Waals surface area contributed by atoms with Gasteiger partial charge in [0.05, 0.1) is 10.4 Å². The van der Waals surface area contributed by atoms with Crippen LogP contribution in [0.5, 0.6) is 0 Å². The van der Waals surface area contributed by atoms with Crippen LogP contribution in [0.3, 0.4) is 0 Å². The van der Waals surface area contributed by atoms with Crippen LogP contribution in [-0.2, 0) is 0 Å². The molecule has 1 amide bonds. The molecule has 0 radical (unpaired) electrons. The number of amides is 1. The summed E-state index contributed by atoms with van der Waals surface area (Å²) in [5.41, 5.74) is 0.734. The van der Waals surface area contributed by atoms with Gasteiger partial charge in [-0.05, 0) is 12.5 Å². The van der Waals surface area contributed by atoms with Gasteiger partial charge in [0.2, 0.25) is 0 Å². The molecule has 0 aliphatic carbocycles. The number of hydrogen-bond donors (Lipinski definition) is 2. The number of benzene rings is 1. The molecule has 0 spiro atoms. The highest BCUT2D eigenvalue weighted by molar-refractivity contribution is 6.05. The summed E-state index contributed by atoms with van der Waals surface area (Å²) in [4.78, 5) is 22.2. The van der Waals surface area contributed by atoms with Crippen LogP contribution in [-0.4, -0.2) is 27.6 Å². The lowest BCUT2D eigenvalue weighted by Crippen LogP contribution is -2.24. The van der Waals surface area contributed by atoms with Crippen LogP contribution in [0.25, 0.3) is 10.9 Å². The first-order valence-electron chi connectivity index (χ1n) is 6.04. The van der Waals surface area contributed by atoms with Gasteiger partial charge in [0.1, 0.15) is 0 Å². The van der Waals surface area contributed by atoms with E-state index in [-0.39, 0.29) is 17.3 Å². The first-order chi connectivity index (χ1) is 9.13. The summed E-state index contributed by atoms with van der Waals surface area (Å²) in [7, 11) is 0. The van der Waals surface area contributed by atoms with Gasteiger partial charge in [-0.15, -0.1) is 0 Å². The highest BCUT2D eigenvalue weighted by atomic mass is 16.6. The van der Waals surface area contributed by atoms with Crippen LogP contribution in [0.15, 0.2) is 18.2 Å². The number of H-pyrrole nitrogens is 1. The van der Waals surface area contributed by atoms with E-state index < -0.39 is 4.92 Å². The van der Waals surface area contributed by atoms with Crippen LogP contribution >= 0.6 is 0 Å². The molecule has 2 N–H and O–H groups in total. The van der Waals surface area contributed by atoms with E-state index in [0.29, 0.717) is 17.4 Å². The number of carbonyl (C=O) groups excluding carboxylic acids is 1. The number of fused-ring (bicyclic) bond motifs is 1. The lowest BCUT2D eigenvalue weighted by molar-refractivity contribution is -0.384. The number of nitro benzene ring substituents is 1. The van der Waals surface area contributed by atoms with Crippen molar-refractivity contribution in [3.63, 3.8) is 0 Å². The molecular weight excluding hydrogens is 248 g/mol. The van der Waals surface area contributed by atoms with Crippen LogP contribution in [0, 0.1) is 10.1 Å². The lowest BCUT2D eigenvalue weighted by Gasteiger charge is -2.01.